The molecule has 2 rings (SSSR count). The van der Waals surface area contributed by atoms with Crippen molar-refractivity contribution in [3.8, 4) is 0 Å². The normalized spacial score (nSPS) is 12.3. The van der Waals surface area contributed by atoms with Gasteiger partial charge in [-0.05, 0) is 30.7 Å². The minimum absolute atomic E-state index is 0.0855. The molecule has 0 aliphatic rings. The molecule has 0 saturated carbocycles. The lowest BCUT2D eigenvalue weighted by atomic mass is 10.1. The van der Waals surface area contributed by atoms with Crippen LogP contribution in [0.2, 0.25) is 0 Å². The van der Waals surface area contributed by atoms with Gasteiger partial charge in [-0.15, -0.1) is 0 Å². The fourth-order valence-corrected chi connectivity index (χ4v) is 2.21. The Bertz CT molecular complexity index is 721. The summed E-state index contributed by atoms with van der Waals surface area (Å²) in [6.07, 6.45) is -5.18. The summed E-state index contributed by atoms with van der Waals surface area (Å²) < 4.78 is 44.8. The number of hydrogen-bond donors (Lipinski definition) is 3. The molecule has 0 fully saturated rings. The van der Waals surface area contributed by atoms with E-state index in [1.807, 2.05) is 0 Å². The zero-order chi connectivity index (χ0) is 18.4. The van der Waals surface area contributed by atoms with Gasteiger partial charge < -0.3 is 15.8 Å². The number of nitrogen functional groups attached to an aromatic ring is 1. The van der Waals surface area contributed by atoms with E-state index in [9.17, 15) is 18.0 Å². The van der Waals surface area contributed by atoms with E-state index in [4.69, 9.17) is 10.5 Å². The molecule has 0 aliphatic carbocycles. The lowest BCUT2D eigenvalue weighted by Gasteiger charge is -2.23. The molecule has 8 heteroatoms. The summed E-state index contributed by atoms with van der Waals surface area (Å²) in [7, 11) is 0. The van der Waals surface area contributed by atoms with Crippen molar-refractivity contribution in [1.82, 2.24) is 0 Å². The molecular weight excluding hydrogens is 335 g/mol. The van der Waals surface area contributed by atoms with Crippen LogP contribution in [0.15, 0.2) is 48.5 Å². The van der Waals surface area contributed by atoms with Crippen LogP contribution >= 0.6 is 0 Å². The Labute approximate surface area is 143 Å². The van der Waals surface area contributed by atoms with E-state index in [0.717, 1.165) is 0 Å². The first-order valence-corrected chi connectivity index (χ1v) is 7.52. The van der Waals surface area contributed by atoms with Crippen molar-refractivity contribution in [1.29, 1.82) is 0 Å². The predicted molar refractivity (Wildman–Crippen MR) is 90.4 cm³/mol. The molecule has 25 heavy (non-hydrogen) atoms. The number of halogens is 3. The standard InChI is InChI=1S/C17H18F3N3O2/c1-2-25-16(24)23-14-9-8-12(10-13(14)21)22-15(17(18,19)20)11-6-4-3-5-7-11/h3-10,15,22H,2,21H2,1H3,(H,23,24). The fraction of sp³-hybridized carbons (Fsp3) is 0.235. The number of carbonyl (C=O) groups excluding carboxylic acids is 1. The van der Waals surface area contributed by atoms with E-state index in [-0.39, 0.29) is 29.2 Å². The second-order valence-electron chi connectivity index (χ2n) is 5.18. The third-order valence-electron chi connectivity index (χ3n) is 3.33. The largest absolute Gasteiger partial charge is 0.450 e. The molecule has 1 atom stereocenters. The Morgan fingerprint density at radius 1 is 1.20 bits per heavy atom. The van der Waals surface area contributed by atoms with Crippen LogP contribution in [0.3, 0.4) is 0 Å². The Hall–Kier alpha value is -2.90. The van der Waals surface area contributed by atoms with Crippen LogP contribution in [0, 0.1) is 0 Å². The molecule has 0 heterocycles. The van der Waals surface area contributed by atoms with E-state index >= 15 is 0 Å². The van der Waals surface area contributed by atoms with Gasteiger partial charge in [0.1, 0.15) is 6.04 Å². The number of alkyl halides is 3. The Morgan fingerprint density at radius 2 is 1.88 bits per heavy atom. The highest BCUT2D eigenvalue weighted by Crippen LogP contribution is 2.36. The van der Waals surface area contributed by atoms with Gasteiger partial charge in [0.15, 0.2) is 0 Å². The van der Waals surface area contributed by atoms with E-state index in [2.05, 4.69) is 10.6 Å². The van der Waals surface area contributed by atoms with Gasteiger partial charge in [0, 0.05) is 5.69 Å². The molecule has 2 aromatic rings. The predicted octanol–water partition coefficient (Wildman–Crippen LogP) is 4.55. The van der Waals surface area contributed by atoms with Gasteiger partial charge in [0.2, 0.25) is 0 Å². The topological polar surface area (TPSA) is 76.4 Å². The third-order valence-corrected chi connectivity index (χ3v) is 3.33. The summed E-state index contributed by atoms with van der Waals surface area (Å²) in [6, 6.07) is 9.77. The van der Waals surface area contributed by atoms with Crippen LogP contribution in [0.5, 0.6) is 0 Å². The number of amides is 1. The van der Waals surface area contributed by atoms with Crippen molar-refractivity contribution in [2.45, 2.75) is 19.1 Å². The fourth-order valence-electron chi connectivity index (χ4n) is 2.21. The smallest absolute Gasteiger partial charge is 0.412 e. The molecule has 2 aromatic carbocycles. The first-order chi connectivity index (χ1) is 11.8. The van der Waals surface area contributed by atoms with Crippen LogP contribution in [-0.4, -0.2) is 18.9 Å². The van der Waals surface area contributed by atoms with Gasteiger partial charge in [-0.1, -0.05) is 30.3 Å². The molecular formula is C17H18F3N3O2. The zero-order valence-corrected chi connectivity index (χ0v) is 13.4. The number of benzene rings is 2. The van der Waals surface area contributed by atoms with Crippen molar-refractivity contribution < 1.29 is 22.7 Å². The molecule has 0 radical (unpaired) electrons. The first kappa shape index (κ1) is 18.4. The lowest BCUT2D eigenvalue weighted by molar-refractivity contribution is -0.144. The molecule has 1 amide bonds. The molecule has 4 N–H and O–H groups in total. The zero-order valence-electron chi connectivity index (χ0n) is 13.4. The van der Waals surface area contributed by atoms with Crippen molar-refractivity contribution in [2.24, 2.45) is 0 Å². The lowest BCUT2D eigenvalue weighted by Crippen LogP contribution is -2.27. The van der Waals surface area contributed by atoms with Gasteiger partial charge in [0.25, 0.3) is 0 Å². The highest BCUT2D eigenvalue weighted by atomic mass is 19.4. The summed E-state index contributed by atoms with van der Waals surface area (Å²) in [5.41, 5.74) is 6.44. The maximum Gasteiger partial charge on any atom is 0.412 e. The van der Waals surface area contributed by atoms with Crippen molar-refractivity contribution >= 4 is 23.2 Å². The van der Waals surface area contributed by atoms with Crippen molar-refractivity contribution in [3.05, 3.63) is 54.1 Å². The summed E-state index contributed by atoms with van der Waals surface area (Å²) >= 11 is 0. The average molecular weight is 353 g/mol. The Kier molecular flexibility index (Phi) is 5.74. The third kappa shape index (κ3) is 5.03. The number of hydrogen-bond acceptors (Lipinski definition) is 4. The van der Waals surface area contributed by atoms with Gasteiger partial charge in [-0.25, -0.2) is 4.79 Å². The maximum atomic E-state index is 13.4. The number of nitrogens with two attached hydrogens (primary N) is 1. The molecule has 1 unspecified atom stereocenters. The van der Waals surface area contributed by atoms with E-state index in [1.54, 1.807) is 13.0 Å². The number of rotatable bonds is 5. The highest BCUT2D eigenvalue weighted by Gasteiger charge is 2.40. The summed E-state index contributed by atoms with van der Waals surface area (Å²) in [4.78, 5) is 11.4. The quantitative estimate of drug-likeness (QED) is 0.689. The molecule has 0 aromatic heterocycles. The summed E-state index contributed by atoms with van der Waals surface area (Å²) in [6.45, 7) is 1.84. The minimum atomic E-state index is -4.49. The minimum Gasteiger partial charge on any atom is -0.450 e. The number of ether oxygens (including phenoxy) is 1. The van der Waals surface area contributed by atoms with Crippen LogP contribution < -0.4 is 16.4 Å². The monoisotopic (exact) mass is 353 g/mol. The Morgan fingerprint density at radius 3 is 2.44 bits per heavy atom. The number of anilines is 3. The summed E-state index contributed by atoms with van der Waals surface area (Å²) in [5, 5.41) is 4.85. The molecule has 0 saturated heterocycles. The number of nitrogens with one attached hydrogen (secondary N) is 2. The van der Waals surface area contributed by atoms with Gasteiger partial charge in [-0.2, -0.15) is 13.2 Å². The average Bonchev–Trinajstić information content (AvgIpc) is 2.55. The van der Waals surface area contributed by atoms with Crippen LogP contribution in [0.4, 0.5) is 35.0 Å². The molecule has 0 bridgehead atoms. The van der Waals surface area contributed by atoms with E-state index < -0.39 is 18.3 Å². The molecule has 0 spiro atoms. The van der Waals surface area contributed by atoms with Crippen LogP contribution in [-0.2, 0) is 4.74 Å². The van der Waals surface area contributed by atoms with Gasteiger partial charge >= 0.3 is 12.3 Å². The first-order valence-electron chi connectivity index (χ1n) is 7.52. The highest BCUT2D eigenvalue weighted by molar-refractivity contribution is 5.89. The second-order valence-corrected chi connectivity index (χ2v) is 5.18. The molecule has 134 valence electrons. The summed E-state index contributed by atoms with van der Waals surface area (Å²) in [5.74, 6) is 0. The van der Waals surface area contributed by atoms with Gasteiger partial charge in [0.05, 0.1) is 18.0 Å². The van der Waals surface area contributed by atoms with E-state index in [1.165, 1.54) is 42.5 Å². The Balaban J connectivity index is 2.20. The van der Waals surface area contributed by atoms with E-state index in [0.29, 0.717) is 0 Å². The van der Waals surface area contributed by atoms with Crippen LogP contribution in [0.25, 0.3) is 0 Å². The van der Waals surface area contributed by atoms with Crippen molar-refractivity contribution in [2.75, 3.05) is 23.0 Å². The van der Waals surface area contributed by atoms with Crippen molar-refractivity contribution in [3.63, 3.8) is 0 Å². The maximum absolute atomic E-state index is 13.4. The van der Waals surface area contributed by atoms with Crippen LogP contribution in [0.1, 0.15) is 18.5 Å². The second kappa shape index (κ2) is 7.78. The molecule has 5 nitrogen and oxygen atoms in total. The SMILES string of the molecule is CCOC(=O)Nc1ccc(NC(c2ccccc2)C(F)(F)F)cc1N. The number of carbonyl (C=O) groups is 1. The molecule has 0 aliphatic heterocycles. The van der Waals surface area contributed by atoms with Gasteiger partial charge in [-0.3, -0.25) is 5.32 Å².